The zero-order valence-electron chi connectivity index (χ0n) is 11.6. The number of hydrogen-bond acceptors (Lipinski definition) is 4. The number of benzene rings is 2. The first kappa shape index (κ1) is 14.7. The Balaban J connectivity index is 2.33. The van der Waals surface area contributed by atoms with E-state index in [1.54, 1.807) is 24.3 Å². The summed E-state index contributed by atoms with van der Waals surface area (Å²) in [5.41, 5.74) is 6.27. The highest BCUT2D eigenvalue weighted by Gasteiger charge is 2.12. The van der Waals surface area contributed by atoms with E-state index in [4.69, 9.17) is 20.5 Å². The van der Waals surface area contributed by atoms with Crippen LogP contribution in [0.5, 0.6) is 17.2 Å². The summed E-state index contributed by atoms with van der Waals surface area (Å²) in [7, 11) is 0. The van der Waals surface area contributed by atoms with Crippen LogP contribution in [0, 0.1) is 17.1 Å². The molecule has 5 heteroatoms. The Labute approximate surface area is 122 Å². The minimum atomic E-state index is -0.540. The summed E-state index contributed by atoms with van der Waals surface area (Å²) in [6.07, 6.45) is 0.761. The van der Waals surface area contributed by atoms with Crippen molar-refractivity contribution in [2.45, 2.75) is 13.3 Å². The van der Waals surface area contributed by atoms with Gasteiger partial charge < -0.3 is 15.2 Å². The maximum atomic E-state index is 13.7. The molecule has 4 nitrogen and oxygen atoms in total. The van der Waals surface area contributed by atoms with Crippen molar-refractivity contribution in [2.24, 2.45) is 0 Å². The Kier molecular flexibility index (Phi) is 4.62. The minimum absolute atomic E-state index is 0.0792. The summed E-state index contributed by atoms with van der Waals surface area (Å²) >= 11 is 0. The smallest absolute Gasteiger partial charge is 0.167 e. The Morgan fingerprint density at radius 1 is 1.19 bits per heavy atom. The molecular formula is C16H15FN2O2. The van der Waals surface area contributed by atoms with Crippen molar-refractivity contribution in [3.63, 3.8) is 0 Å². The number of nitrogens with zero attached hydrogens (tertiary/aromatic N) is 1. The van der Waals surface area contributed by atoms with Crippen LogP contribution >= 0.6 is 0 Å². The molecule has 0 saturated carbocycles. The Morgan fingerprint density at radius 3 is 2.67 bits per heavy atom. The number of anilines is 1. The van der Waals surface area contributed by atoms with Gasteiger partial charge in [0.05, 0.1) is 17.9 Å². The highest BCUT2D eigenvalue weighted by atomic mass is 19.1. The summed E-state index contributed by atoms with van der Waals surface area (Å²) < 4.78 is 24.6. The SMILES string of the molecule is CCCOc1cc(Oc2ccccc2C#N)c(N)cc1F. The predicted molar refractivity (Wildman–Crippen MR) is 77.8 cm³/mol. The van der Waals surface area contributed by atoms with E-state index in [0.717, 1.165) is 12.5 Å². The Hall–Kier alpha value is -2.74. The van der Waals surface area contributed by atoms with Gasteiger partial charge in [0.1, 0.15) is 11.8 Å². The van der Waals surface area contributed by atoms with E-state index < -0.39 is 5.82 Å². The van der Waals surface area contributed by atoms with Crippen molar-refractivity contribution in [2.75, 3.05) is 12.3 Å². The fourth-order valence-electron chi connectivity index (χ4n) is 1.73. The summed E-state index contributed by atoms with van der Waals surface area (Å²) in [5, 5.41) is 9.03. The topological polar surface area (TPSA) is 68.3 Å². The molecule has 2 aromatic rings. The van der Waals surface area contributed by atoms with E-state index in [1.807, 2.05) is 13.0 Å². The first-order valence-electron chi connectivity index (χ1n) is 6.54. The van der Waals surface area contributed by atoms with Crippen LogP contribution in [0.25, 0.3) is 0 Å². The van der Waals surface area contributed by atoms with Crippen molar-refractivity contribution in [3.05, 3.63) is 47.8 Å². The van der Waals surface area contributed by atoms with Gasteiger partial charge in [0.2, 0.25) is 0 Å². The molecule has 0 saturated heterocycles. The van der Waals surface area contributed by atoms with Crippen molar-refractivity contribution in [3.8, 4) is 23.3 Å². The molecule has 0 aliphatic rings. The monoisotopic (exact) mass is 286 g/mol. The van der Waals surface area contributed by atoms with Crippen molar-refractivity contribution >= 4 is 5.69 Å². The lowest BCUT2D eigenvalue weighted by atomic mass is 10.2. The van der Waals surface area contributed by atoms with Gasteiger partial charge in [-0.05, 0) is 18.6 Å². The predicted octanol–water partition coefficient (Wildman–Crippen LogP) is 3.86. The second kappa shape index (κ2) is 6.62. The highest BCUT2D eigenvalue weighted by molar-refractivity contribution is 5.58. The zero-order chi connectivity index (χ0) is 15.2. The normalized spacial score (nSPS) is 9.95. The van der Waals surface area contributed by atoms with Gasteiger partial charge in [0.15, 0.2) is 17.3 Å². The number of nitrogens with two attached hydrogens (primary N) is 1. The van der Waals surface area contributed by atoms with E-state index in [1.165, 1.54) is 6.07 Å². The van der Waals surface area contributed by atoms with E-state index in [9.17, 15) is 4.39 Å². The van der Waals surface area contributed by atoms with Gasteiger partial charge in [-0.2, -0.15) is 5.26 Å². The average molecular weight is 286 g/mol. The molecule has 0 amide bonds. The molecule has 0 fully saturated rings. The van der Waals surface area contributed by atoms with Crippen molar-refractivity contribution in [1.29, 1.82) is 5.26 Å². The molecule has 0 radical (unpaired) electrons. The first-order valence-corrected chi connectivity index (χ1v) is 6.54. The maximum absolute atomic E-state index is 13.7. The molecule has 0 aliphatic heterocycles. The molecule has 0 aromatic heterocycles. The van der Waals surface area contributed by atoms with E-state index >= 15 is 0 Å². The number of hydrogen-bond donors (Lipinski definition) is 1. The molecule has 21 heavy (non-hydrogen) atoms. The lowest BCUT2D eigenvalue weighted by molar-refractivity contribution is 0.299. The van der Waals surface area contributed by atoms with Gasteiger partial charge >= 0.3 is 0 Å². The summed E-state index contributed by atoms with van der Waals surface area (Å²) in [4.78, 5) is 0. The third-order valence-corrected chi connectivity index (χ3v) is 2.75. The molecule has 2 N–H and O–H groups in total. The first-order chi connectivity index (χ1) is 10.2. The largest absolute Gasteiger partial charge is 0.490 e. The van der Waals surface area contributed by atoms with Crippen molar-refractivity contribution < 1.29 is 13.9 Å². The van der Waals surface area contributed by atoms with Crippen molar-refractivity contribution in [1.82, 2.24) is 0 Å². The Morgan fingerprint density at radius 2 is 1.95 bits per heavy atom. The summed E-state index contributed by atoms with van der Waals surface area (Å²) in [5.74, 6) is 0.155. The number of nitrogen functional groups attached to an aromatic ring is 1. The van der Waals surface area contributed by atoms with Crippen LogP contribution in [0.1, 0.15) is 18.9 Å². The van der Waals surface area contributed by atoms with Crippen LogP contribution in [-0.4, -0.2) is 6.61 Å². The van der Waals surface area contributed by atoms with E-state index in [0.29, 0.717) is 17.9 Å². The summed E-state index contributed by atoms with van der Waals surface area (Å²) in [6, 6.07) is 11.3. The minimum Gasteiger partial charge on any atom is -0.490 e. The number of ether oxygens (including phenoxy) is 2. The van der Waals surface area contributed by atoms with Crippen LogP contribution in [0.4, 0.5) is 10.1 Å². The number of para-hydroxylation sites is 1. The van der Waals surface area contributed by atoms with Crippen LogP contribution < -0.4 is 15.2 Å². The number of nitriles is 1. The lowest BCUT2D eigenvalue weighted by Gasteiger charge is -2.12. The third kappa shape index (κ3) is 3.42. The molecule has 0 atom stereocenters. The second-order valence-electron chi connectivity index (χ2n) is 4.38. The fraction of sp³-hybridized carbons (Fsp3) is 0.188. The average Bonchev–Trinajstić information content (AvgIpc) is 2.49. The van der Waals surface area contributed by atoms with Crippen LogP contribution in [0.2, 0.25) is 0 Å². The molecule has 0 unspecified atom stereocenters. The van der Waals surface area contributed by atoms with Crippen LogP contribution in [0.15, 0.2) is 36.4 Å². The van der Waals surface area contributed by atoms with E-state index in [2.05, 4.69) is 0 Å². The zero-order valence-corrected chi connectivity index (χ0v) is 11.6. The molecule has 0 aliphatic carbocycles. The molecule has 0 spiro atoms. The van der Waals surface area contributed by atoms with E-state index in [-0.39, 0.29) is 17.2 Å². The van der Waals surface area contributed by atoms with Crippen LogP contribution in [-0.2, 0) is 0 Å². The lowest BCUT2D eigenvalue weighted by Crippen LogP contribution is -2.00. The molecule has 108 valence electrons. The van der Waals surface area contributed by atoms with Gasteiger partial charge in [-0.15, -0.1) is 0 Å². The molecule has 0 heterocycles. The van der Waals surface area contributed by atoms with Gasteiger partial charge in [-0.1, -0.05) is 19.1 Å². The maximum Gasteiger partial charge on any atom is 0.167 e. The van der Waals surface area contributed by atoms with Gasteiger partial charge in [-0.3, -0.25) is 0 Å². The highest BCUT2D eigenvalue weighted by Crippen LogP contribution is 2.34. The Bertz CT molecular complexity index is 680. The van der Waals surface area contributed by atoms with Gasteiger partial charge in [0.25, 0.3) is 0 Å². The van der Waals surface area contributed by atoms with Gasteiger partial charge in [0, 0.05) is 12.1 Å². The summed E-state index contributed by atoms with van der Waals surface area (Å²) in [6.45, 7) is 2.32. The van der Waals surface area contributed by atoms with Gasteiger partial charge in [-0.25, -0.2) is 4.39 Å². The number of halogens is 1. The standard InChI is InChI=1S/C16H15FN2O2/c1-2-7-20-15-9-16(13(19)8-12(15)17)21-14-6-4-3-5-11(14)10-18/h3-6,8-9H,2,7,19H2,1H3. The molecule has 0 bridgehead atoms. The quantitative estimate of drug-likeness (QED) is 0.847. The molecular weight excluding hydrogens is 271 g/mol. The molecule has 2 aromatic carbocycles. The fourth-order valence-corrected chi connectivity index (χ4v) is 1.73. The number of rotatable bonds is 5. The van der Waals surface area contributed by atoms with Crippen LogP contribution in [0.3, 0.4) is 0 Å². The third-order valence-electron chi connectivity index (χ3n) is 2.75. The second-order valence-corrected chi connectivity index (χ2v) is 4.38. The molecule has 2 rings (SSSR count).